The van der Waals surface area contributed by atoms with Gasteiger partial charge in [-0.2, -0.15) is 0 Å². The summed E-state index contributed by atoms with van der Waals surface area (Å²) in [5.74, 6) is 0.103. The number of hydrogen-bond donors (Lipinski definition) is 1. The molecule has 1 aromatic rings. The average molecular weight is 218 g/mol. The van der Waals surface area contributed by atoms with E-state index in [2.05, 4.69) is 23.5 Å². The molecule has 1 aromatic carbocycles. The zero-order valence-corrected chi connectivity index (χ0v) is 9.86. The van der Waals surface area contributed by atoms with Crippen LogP contribution in [0.25, 0.3) is 0 Å². The number of hydrogen-bond acceptors (Lipinski definition) is 2. The summed E-state index contributed by atoms with van der Waals surface area (Å²) in [6.45, 7) is 0.457. The maximum atomic E-state index is 11.7. The van der Waals surface area contributed by atoms with Crippen molar-refractivity contribution in [3.63, 3.8) is 0 Å². The first-order chi connectivity index (χ1) is 7.66. The maximum Gasteiger partial charge on any atom is 0.234 e. The molecule has 0 aliphatic heterocycles. The molecule has 0 radical (unpaired) electrons. The van der Waals surface area contributed by atoms with E-state index >= 15 is 0 Å². The smallest absolute Gasteiger partial charge is 0.234 e. The Morgan fingerprint density at radius 3 is 2.94 bits per heavy atom. The summed E-state index contributed by atoms with van der Waals surface area (Å²) >= 11 is 0. The summed E-state index contributed by atoms with van der Waals surface area (Å²) in [6, 6.07) is 8.57. The molecule has 1 amide bonds. The van der Waals surface area contributed by atoms with Crippen LogP contribution in [0.3, 0.4) is 0 Å². The summed E-state index contributed by atoms with van der Waals surface area (Å²) in [7, 11) is 3.81. The molecule has 0 spiro atoms. The number of carbonyl (C=O) groups is 1. The van der Waals surface area contributed by atoms with Gasteiger partial charge in [0.1, 0.15) is 0 Å². The molecule has 86 valence electrons. The van der Waals surface area contributed by atoms with Crippen molar-refractivity contribution in [2.75, 3.05) is 20.6 Å². The molecule has 0 fully saturated rings. The highest BCUT2D eigenvalue weighted by Gasteiger charge is 2.23. The van der Waals surface area contributed by atoms with Crippen LogP contribution in [0.15, 0.2) is 24.3 Å². The second kappa shape index (κ2) is 4.66. The standard InChI is InChI=1S/C13H18N2O/c1-15(2)9-13(16)14-12-8-7-10-5-3-4-6-11(10)12/h3-6,12H,7-9H2,1-2H3,(H,14,16). The minimum Gasteiger partial charge on any atom is -0.348 e. The Balaban J connectivity index is 2.00. The monoisotopic (exact) mass is 218 g/mol. The largest absolute Gasteiger partial charge is 0.348 e. The van der Waals surface area contributed by atoms with Crippen molar-refractivity contribution in [1.82, 2.24) is 10.2 Å². The van der Waals surface area contributed by atoms with Crippen molar-refractivity contribution in [3.8, 4) is 0 Å². The number of rotatable bonds is 3. The second-order valence-corrected chi connectivity index (χ2v) is 4.60. The normalized spacial score (nSPS) is 18.6. The van der Waals surface area contributed by atoms with Gasteiger partial charge in [-0.3, -0.25) is 4.79 Å². The SMILES string of the molecule is CN(C)CC(=O)NC1CCc2ccccc21. The van der Waals surface area contributed by atoms with E-state index in [1.807, 2.05) is 25.1 Å². The van der Waals surface area contributed by atoms with E-state index in [4.69, 9.17) is 0 Å². The molecule has 3 heteroatoms. The van der Waals surface area contributed by atoms with Crippen molar-refractivity contribution >= 4 is 5.91 Å². The van der Waals surface area contributed by atoms with E-state index in [9.17, 15) is 4.79 Å². The molecule has 16 heavy (non-hydrogen) atoms. The minimum atomic E-state index is 0.103. The molecule has 1 N–H and O–H groups in total. The predicted molar refractivity (Wildman–Crippen MR) is 64.2 cm³/mol. The Morgan fingerprint density at radius 1 is 1.44 bits per heavy atom. The molecule has 0 heterocycles. The highest BCUT2D eigenvalue weighted by atomic mass is 16.2. The molecule has 1 atom stereocenters. The van der Waals surface area contributed by atoms with Gasteiger partial charge in [-0.1, -0.05) is 24.3 Å². The van der Waals surface area contributed by atoms with Gasteiger partial charge in [-0.25, -0.2) is 0 Å². The number of aryl methyl sites for hydroxylation is 1. The fourth-order valence-electron chi connectivity index (χ4n) is 2.23. The summed E-state index contributed by atoms with van der Waals surface area (Å²) in [5.41, 5.74) is 2.66. The number of nitrogens with zero attached hydrogens (tertiary/aromatic N) is 1. The number of benzene rings is 1. The fourth-order valence-corrected chi connectivity index (χ4v) is 2.23. The zero-order valence-electron chi connectivity index (χ0n) is 9.86. The zero-order chi connectivity index (χ0) is 11.5. The van der Waals surface area contributed by atoms with Gasteiger partial charge in [-0.15, -0.1) is 0 Å². The first-order valence-corrected chi connectivity index (χ1v) is 5.68. The summed E-state index contributed by atoms with van der Waals surface area (Å²) < 4.78 is 0. The van der Waals surface area contributed by atoms with Crippen LogP contribution in [-0.4, -0.2) is 31.4 Å². The van der Waals surface area contributed by atoms with Crippen molar-refractivity contribution in [3.05, 3.63) is 35.4 Å². The van der Waals surface area contributed by atoms with E-state index in [1.165, 1.54) is 11.1 Å². The van der Waals surface area contributed by atoms with Crippen LogP contribution in [0.2, 0.25) is 0 Å². The summed E-state index contributed by atoms with van der Waals surface area (Å²) in [4.78, 5) is 13.6. The van der Waals surface area contributed by atoms with Crippen molar-refractivity contribution in [2.45, 2.75) is 18.9 Å². The molecule has 1 unspecified atom stereocenters. The van der Waals surface area contributed by atoms with Crippen LogP contribution in [0.4, 0.5) is 0 Å². The third-order valence-corrected chi connectivity index (χ3v) is 2.93. The third-order valence-electron chi connectivity index (χ3n) is 2.93. The van der Waals surface area contributed by atoms with E-state index < -0.39 is 0 Å². The Hall–Kier alpha value is -1.35. The average Bonchev–Trinajstić information content (AvgIpc) is 2.61. The quantitative estimate of drug-likeness (QED) is 0.830. The molecule has 1 aliphatic carbocycles. The first kappa shape index (κ1) is 11.1. The van der Waals surface area contributed by atoms with Crippen LogP contribution in [0.1, 0.15) is 23.6 Å². The maximum absolute atomic E-state index is 11.7. The minimum absolute atomic E-state index is 0.103. The molecule has 0 saturated carbocycles. The number of nitrogens with one attached hydrogen (secondary N) is 1. The lowest BCUT2D eigenvalue weighted by molar-refractivity contribution is -0.122. The van der Waals surface area contributed by atoms with Gasteiger partial charge >= 0.3 is 0 Å². The number of likely N-dealkylation sites (N-methyl/N-ethyl adjacent to an activating group) is 1. The van der Waals surface area contributed by atoms with E-state index in [1.54, 1.807) is 0 Å². The van der Waals surface area contributed by atoms with Crippen LogP contribution >= 0.6 is 0 Å². The first-order valence-electron chi connectivity index (χ1n) is 5.68. The number of carbonyl (C=O) groups excluding carboxylic acids is 1. The predicted octanol–water partition coefficient (Wildman–Crippen LogP) is 1.35. The van der Waals surface area contributed by atoms with Crippen LogP contribution in [0.5, 0.6) is 0 Å². The lowest BCUT2D eigenvalue weighted by Gasteiger charge is -2.16. The van der Waals surface area contributed by atoms with Crippen LogP contribution in [0, 0.1) is 0 Å². The second-order valence-electron chi connectivity index (χ2n) is 4.60. The molecule has 3 nitrogen and oxygen atoms in total. The summed E-state index contributed by atoms with van der Waals surface area (Å²) in [6.07, 6.45) is 2.10. The summed E-state index contributed by atoms with van der Waals surface area (Å²) in [5, 5.41) is 3.09. The third kappa shape index (κ3) is 2.42. The van der Waals surface area contributed by atoms with Gasteiger partial charge in [0.05, 0.1) is 12.6 Å². The molecule has 2 rings (SSSR count). The Labute approximate surface area is 96.5 Å². The van der Waals surface area contributed by atoms with Crippen LogP contribution < -0.4 is 5.32 Å². The van der Waals surface area contributed by atoms with Crippen molar-refractivity contribution < 1.29 is 4.79 Å². The van der Waals surface area contributed by atoms with Gasteiger partial charge in [0.25, 0.3) is 0 Å². The number of amides is 1. The Kier molecular flexibility index (Phi) is 3.25. The number of fused-ring (bicyclic) bond motifs is 1. The lowest BCUT2D eigenvalue weighted by atomic mass is 10.1. The Bertz CT molecular complexity index is 387. The van der Waals surface area contributed by atoms with Gasteiger partial charge in [0, 0.05) is 0 Å². The van der Waals surface area contributed by atoms with Gasteiger partial charge in [-0.05, 0) is 38.1 Å². The van der Waals surface area contributed by atoms with E-state index in [0.29, 0.717) is 6.54 Å². The molecule has 1 aliphatic rings. The van der Waals surface area contributed by atoms with Crippen LogP contribution in [-0.2, 0) is 11.2 Å². The Morgan fingerprint density at radius 2 is 2.19 bits per heavy atom. The molecule has 0 aromatic heterocycles. The van der Waals surface area contributed by atoms with Gasteiger partial charge in [0.2, 0.25) is 5.91 Å². The highest BCUT2D eigenvalue weighted by molar-refractivity contribution is 5.78. The molecular weight excluding hydrogens is 200 g/mol. The van der Waals surface area contributed by atoms with Crippen molar-refractivity contribution in [1.29, 1.82) is 0 Å². The van der Waals surface area contributed by atoms with E-state index in [0.717, 1.165) is 12.8 Å². The van der Waals surface area contributed by atoms with Gasteiger partial charge < -0.3 is 10.2 Å². The highest BCUT2D eigenvalue weighted by Crippen LogP contribution is 2.30. The van der Waals surface area contributed by atoms with E-state index in [-0.39, 0.29) is 11.9 Å². The topological polar surface area (TPSA) is 32.3 Å². The van der Waals surface area contributed by atoms with Crippen molar-refractivity contribution in [2.24, 2.45) is 0 Å². The fraction of sp³-hybridized carbons (Fsp3) is 0.462. The molecular formula is C13H18N2O. The van der Waals surface area contributed by atoms with Gasteiger partial charge in [0.15, 0.2) is 0 Å². The molecule has 0 bridgehead atoms. The molecule has 0 saturated heterocycles. The lowest BCUT2D eigenvalue weighted by Crippen LogP contribution is -2.35.